The average molecular weight is 331 g/mol. The molecule has 1 aliphatic heterocycles. The summed E-state index contributed by atoms with van der Waals surface area (Å²) in [5.74, 6) is 0.290. The van der Waals surface area contributed by atoms with Crippen molar-refractivity contribution in [1.29, 1.82) is 0 Å². The molecule has 0 amide bonds. The summed E-state index contributed by atoms with van der Waals surface area (Å²) in [6.45, 7) is 2.60. The zero-order valence-electron chi connectivity index (χ0n) is 11.8. The van der Waals surface area contributed by atoms with Crippen molar-refractivity contribution in [2.24, 2.45) is 11.8 Å². The number of nitrogens with zero attached hydrogens (tertiary/aromatic N) is 1. The summed E-state index contributed by atoms with van der Waals surface area (Å²) >= 11 is 6.10. The number of sulfonamides is 1. The molecule has 3 N–H and O–H groups in total. The molecule has 2 fully saturated rings. The number of hydrogen-bond acceptors (Lipinski definition) is 4. The van der Waals surface area contributed by atoms with Crippen LogP contribution in [0.25, 0.3) is 0 Å². The van der Waals surface area contributed by atoms with Crippen molar-refractivity contribution in [3.05, 3.63) is 22.7 Å². The van der Waals surface area contributed by atoms with Gasteiger partial charge in [0.25, 0.3) is 0 Å². The molecule has 1 aromatic carbocycles. The minimum atomic E-state index is -3.66. The smallest absolute Gasteiger partial charge is 0.244 e. The second kappa shape index (κ2) is 5.12. The van der Waals surface area contributed by atoms with Crippen LogP contribution in [0, 0.1) is 18.8 Å². The molecule has 0 radical (unpaired) electrons. The molecule has 0 aromatic heterocycles. The molecule has 5 nitrogen and oxygen atoms in total. The zero-order chi connectivity index (χ0) is 15.4. The third-order valence-corrected chi connectivity index (χ3v) is 7.02. The van der Waals surface area contributed by atoms with E-state index in [0.29, 0.717) is 18.8 Å². The quantitative estimate of drug-likeness (QED) is 0.807. The second-order valence-corrected chi connectivity index (χ2v) is 8.34. The van der Waals surface area contributed by atoms with Gasteiger partial charge >= 0.3 is 0 Å². The van der Waals surface area contributed by atoms with E-state index in [-0.39, 0.29) is 21.8 Å². The summed E-state index contributed by atoms with van der Waals surface area (Å²) in [4.78, 5) is 0.0572. The molecule has 2 aliphatic rings. The summed E-state index contributed by atoms with van der Waals surface area (Å²) in [6.07, 6.45) is 1.25. The lowest BCUT2D eigenvalue weighted by atomic mass is 10.00. The van der Waals surface area contributed by atoms with Gasteiger partial charge in [-0.15, -0.1) is 0 Å². The van der Waals surface area contributed by atoms with E-state index in [1.54, 1.807) is 13.0 Å². The highest BCUT2D eigenvalue weighted by Crippen LogP contribution is 2.41. The summed E-state index contributed by atoms with van der Waals surface area (Å²) in [6, 6.07) is 3.01. The molecule has 1 saturated heterocycles. The fourth-order valence-electron chi connectivity index (χ4n) is 3.40. The Hall–Kier alpha value is -0.820. The van der Waals surface area contributed by atoms with Crippen LogP contribution < -0.4 is 5.73 Å². The maximum Gasteiger partial charge on any atom is 0.244 e. The number of fused-ring (bicyclic) bond motifs is 1. The number of anilines is 1. The predicted octanol–water partition coefficient (Wildman–Crippen LogP) is 1.62. The Labute approximate surface area is 129 Å². The molecule has 1 heterocycles. The summed E-state index contributed by atoms with van der Waals surface area (Å²) < 4.78 is 27.0. The number of aliphatic hydroxyl groups is 1. The normalized spacial score (nSPS) is 29.8. The first-order valence-corrected chi connectivity index (χ1v) is 8.86. The highest BCUT2D eigenvalue weighted by molar-refractivity contribution is 7.89. The minimum Gasteiger partial charge on any atom is -0.398 e. The van der Waals surface area contributed by atoms with Gasteiger partial charge in [-0.05, 0) is 43.4 Å². The number of aliphatic hydroxyl groups excluding tert-OH is 1. The number of nitrogens with two attached hydrogens (primary N) is 1. The first kappa shape index (κ1) is 15.1. The van der Waals surface area contributed by atoms with Crippen molar-refractivity contribution < 1.29 is 13.5 Å². The van der Waals surface area contributed by atoms with E-state index in [1.807, 2.05) is 0 Å². The molecular weight excluding hydrogens is 312 g/mol. The fraction of sp³-hybridized carbons (Fsp3) is 0.571. The Morgan fingerprint density at radius 2 is 2.05 bits per heavy atom. The van der Waals surface area contributed by atoms with Crippen molar-refractivity contribution in [2.75, 3.05) is 18.8 Å². The highest BCUT2D eigenvalue weighted by Gasteiger charge is 2.46. The molecule has 21 heavy (non-hydrogen) atoms. The number of benzene rings is 1. The largest absolute Gasteiger partial charge is 0.398 e. The second-order valence-electron chi connectivity index (χ2n) is 6.03. The number of nitrogen functional groups attached to an aromatic ring is 1. The molecule has 3 atom stereocenters. The summed E-state index contributed by atoms with van der Waals surface area (Å²) in [7, 11) is -3.66. The van der Waals surface area contributed by atoms with Crippen molar-refractivity contribution in [1.82, 2.24) is 4.31 Å². The first-order valence-electron chi connectivity index (χ1n) is 7.04. The Morgan fingerprint density at radius 1 is 1.33 bits per heavy atom. The molecule has 1 saturated carbocycles. The van der Waals surface area contributed by atoms with Crippen LogP contribution in [0.15, 0.2) is 17.0 Å². The fourth-order valence-corrected chi connectivity index (χ4v) is 5.52. The van der Waals surface area contributed by atoms with Crippen molar-refractivity contribution >= 4 is 27.3 Å². The molecule has 3 unspecified atom stereocenters. The molecule has 0 spiro atoms. The molecule has 1 aromatic rings. The van der Waals surface area contributed by atoms with Crippen molar-refractivity contribution in [3.63, 3.8) is 0 Å². The van der Waals surface area contributed by atoms with Gasteiger partial charge in [0.2, 0.25) is 10.0 Å². The molecule has 0 bridgehead atoms. The van der Waals surface area contributed by atoms with Crippen LogP contribution in [0.4, 0.5) is 5.69 Å². The highest BCUT2D eigenvalue weighted by atomic mass is 35.5. The predicted molar refractivity (Wildman–Crippen MR) is 81.6 cm³/mol. The molecule has 1 aliphatic carbocycles. The Bertz CT molecular complexity index is 677. The van der Waals surface area contributed by atoms with Crippen LogP contribution >= 0.6 is 11.6 Å². The summed E-state index contributed by atoms with van der Waals surface area (Å²) in [5, 5.41) is 10.1. The lowest BCUT2D eigenvalue weighted by Crippen LogP contribution is -2.31. The first-order chi connectivity index (χ1) is 9.80. The van der Waals surface area contributed by atoms with Gasteiger partial charge in [0, 0.05) is 24.7 Å². The third kappa shape index (κ3) is 2.44. The number of halogens is 1. The molecule has 116 valence electrons. The van der Waals surface area contributed by atoms with E-state index in [2.05, 4.69) is 0 Å². The number of rotatable bonds is 2. The number of aryl methyl sites for hydroxylation is 1. The van der Waals surface area contributed by atoms with Gasteiger partial charge in [0.15, 0.2) is 0 Å². The minimum absolute atomic E-state index is 0.0429. The van der Waals surface area contributed by atoms with Gasteiger partial charge in [0.05, 0.1) is 11.1 Å². The van der Waals surface area contributed by atoms with Crippen LogP contribution in [0.3, 0.4) is 0 Å². The van der Waals surface area contributed by atoms with Crippen LogP contribution in [-0.4, -0.2) is 37.0 Å². The summed E-state index contributed by atoms with van der Waals surface area (Å²) in [5.41, 5.74) is 6.99. The van der Waals surface area contributed by atoms with Crippen LogP contribution in [0.1, 0.15) is 18.4 Å². The zero-order valence-corrected chi connectivity index (χ0v) is 13.4. The monoisotopic (exact) mass is 330 g/mol. The van der Waals surface area contributed by atoms with Gasteiger partial charge < -0.3 is 10.8 Å². The maximum atomic E-state index is 12.8. The Balaban J connectivity index is 1.94. The van der Waals surface area contributed by atoms with E-state index >= 15 is 0 Å². The van der Waals surface area contributed by atoms with Crippen LogP contribution in [0.2, 0.25) is 5.02 Å². The van der Waals surface area contributed by atoms with Gasteiger partial charge in [-0.25, -0.2) is 8.42 Å². The Morgan fingerprint density at radius 3 is 2.71 bits per heavy atom. The van der Waals surface area contributed by atoms with E-state index in [4.69, 9.17) is 17.3 Å². The number of hydrogen-bond donors (Lipinski definition) is 2. The lowest BCUT2D eigenvalue weighted by molar-refractivity contribution is 0.129. The third-order valence-electron chi connectivity index (χ3n) is 4.72. The van der Waals surface area contributed by atoms with Gasteiger partial charge in [-0.3, -0.25) is 0 Å². The van der Waals surface area contributed by atoms with Crippen molar-refractivity contribution in [3.8, 4) is 0 Å². The molecular formula is C14H19ClN2O3S. The maximum absolute atomic E-state index is 12.8. The Kier molecular flexibility index (Phi) is 3.68. The lowest BCUT2D eigenvalue weighted by Gasteiger charge is -2.19. The SMILES string of the molecule is Cc1cc(Cl)c(S(=O)(=O)N2CC3CCC(O)C3C2)cc1N. The topological polar surface area (TPSA) is 83.6 Å². The van der Waals surface area contributed by atoms with Crippen LogP contribution in [0.5, 0.6) is 0 Å². The molecule has 3 rings (SSSR count). The molecule has 7 heteroatoms. The van der Waals surface area contributed by atoms with E-state index in [1.165, 1.54) is 10.4 Å². The van der Waals surface area contributed by atoms with E-state index < -0.39 is 16.1 Å². The van der Waals surface area contributed by atoms with Crippen molar-refractivity contribution in [2.45, 2.75) is 30.8 Å². The van der Waals surface area contributed by atoms with Crippen LogP contribution in [-0.2, 0) is 10.0 Å². The average Bonchev–Trinajstić information content (AvgIpc) is 2.97. The van der Waals surface area contributed by atoms with E-state index in [0.717, 1.165) is 18.4 Å². The van der Waals surface area contributed by atoms with E-state index in [9.17, 15) is 13.5 Å². The van der Waals surface area contributed by atoms with Gasteiger partial charge in [-0.2, -0.15) is 4.31 Å². The van der Waals surface area contributed by atoms with Gasteiger partial charge in [-0.1, -0.05) is 11.6 Å². The van der Waals surface area contributed by atoms with Gasteiger partial charge in [0.1, 0.15) is 4.90 Å². The standard InChI is InChI=1S/C14H19ClN2O3S/c1-8-4-11(15)14(5-12(8)16)21(19,20)17-6-9-2-3-13(18)10(9)7-17/h4-5,9-10,13,18H,2-3,6-7,16H2,1H3.